The van der Waals surface area contributed by atoms with Crippen molar-refractivity contribution in [3.63, 3.8) is 0 Å². The second-order valence-corrected chi connectivity index (χ2v) is 5.96. The summed E-state index contributed by atoms with van der Waals surface area (Å²) < 4.78 is 0. The predicted molar refractivity (Wildman–Crippen MR) is 65.9 cm³/mol. The Morgan fingerprint density at radius 3 is 2.73 bits per heavy atom. The summed E-state index contributed by atoms with van der Waals surface area (Å²) >= 11 is 0. The lowest BCUT2D eigenvalue weighted by Crippen LogP contribution is -2.26. The van der Waals surface area contributed by atoms with Gasteiger partial charge in [0.05, 0.1) is 0 Å². The van der Waals surface area contributed by atoms with Gasteiger partial charge in [-0.25, -0.2) is 0 Å². The minimum Gasteiger partial charge on any atom is -0.423 e. The standard InChI is InChI=1S/C11H10BO2P/c13-12(14)8-5-6-15-10-4-2-1-3-9(10)11(15)7-8/h1-7,13-15H. The zero-order chi connectivity index (χ0) is 10.4. The van der Waals surface area contributed by atoms with Crippen LogP contribution in [-0.2, 0) is 0 Å². The molecular weight excluding hydrogens is 206 g/mol. The van der Waals surface area contributed by atoms with Crippen LogP contribution in [0.5, 0.6) is 0 Å². The van der Waals surface area contributed by atoms with Gasteiger partial charge in [0.25, 0.3) is 0 Å². The first-order valence-electron chi connectivity index (χ1n) is 4.87. The maximum Gasteiger partial charge on any atom is 0.488 e. The highest BCUT2D eigenvalue weighted by Gasteiger charge is 2.25. The zero-order valence-electron chi connectivity index (χ0n) is 8.01. The summed E-state index contributed by atoms with van der Waals surface area (Å²) in [5, 5.41) is 20.9. The van der Waals surface area contributed by atoms with Gasteiger partial charge >= 0.3 is 7.12 Å². The van der Waals surface area contributed by atoms with E-state index in [4.69, 9.17) is 10.0 Å². The first-order valence-corrected chi connectivity index (χ1v) is 6.45. The molecule has 2 nitrogen and oxygen atoms in total. The van der Waals surface area contributed by atoms with Crippen LogP contribution in [0.2, 0.25) is 0 Å². The number of rotatable bonds is 1. The topological polar surface area (TPSA) is 40.5 Å². The number of fused-ring (bicyclic) bond motifs is 3. The summed E-state index contributed by atoms with van der Waals surface area (Å²) in [7, 11) is -2.03. The molecule has 4 heteroatoms. The van der Waals surface area contributed by atoms with Gasteiger partial charge in [-0.1, -0.05) is 49.8 Å². The second-order valence-electron chi connectivity index (χ2n) is 3.72. The number of hydrogen-bond acceptors (Lipinski definition) is 2. The molecule has 1 aromatic rings. The molecule has 0 saturated carbocycles. The molecule has 0 radical (unpaired) electrons. The quantitative estimate of drug-likeness (QED) is 0.530. The molecule has 1 aromatic carbocycles. The lowest BCUT2D eigenvalue weighted by atomic mass is 9.78. The fourth-order valence-electron chi connectivity index (χ4n) is 2.07. The van der Waals surface area contributed by atoms with Crippen molar-refractivity contribution in [2.24, 2.45) is 0 Å². The van der Waals surface area contributed by atoms with Gasteiger partial charge < -0.3 is 10.0 Å². The Morgan fingerprint density at radius 2 is 1.93 bits per heavy atom. The summed E-state index contributed by atoms with van der Waals surface area (Å²) in [5.41, 5.74) is 1.86. The molecule has 1 atom stereocenters. The van der Waals surface area contributed by atoms with Crippen LogP contribution in [0, 0.1) is 0 Å². The minimum atomic E-state index is -1.36. The molecule has 74 valence electrons. The van der Waals surface area contributed by atoms with E-state index in [0.717, 1.165) is 0 Å². The van der Waals surface area contributed by atoms with Crippen molar-refractivity contribution in [3.8, 4) is 0 Å². The lowest BCUT2D eigenvalue weighted by Gasteiger charge is -2.28. The first kappa shape index (κ1) is 9.23. The third-order valence-corrected chi connectivity index (χ3v) is 5.36. The molecule has 3 rings (SSSR count). The fourth-order valence-corrected chi connectivity index (χ4v) is 4.51. The van der Waals surface area contributed by atoms with Gasteiger partial charge in [0.15, 0.2) is 0 Å². The van der Waals surface area contributed by atoms with Crippen molar-refractivity contribution in [2.45, 2.75) is 0 Å². The molecule has 0 fully saturated rings. The van der Waals surface area contributed by atoms with Crippen LogP contribution >= 0.6 is 7.55 Å². The summed E-state index contributed by atoms with van der Waals surface area (Å²) in [5.74, 6) is 2.12. The van der Waals surface area contributed by atoms with Gasteiger partial charge in [-0.2, -0.15) is 0 Å². The van der Waals surface area contributed by atoms with E-state index in [0.29, 0.717) is 5.47 Å². The maximum atomic E-state index is 9.09. The third-order valence-electron chi connectivity index (χ3n) is 2.85. The average Bonchev–Trinajstić information content (AvgIpc) is 2.25. The minimum absolute atomic E-state index is 0.591. The van der Waals surface area contributed by atoms with Crippen molar-refractivity contribution in [1.29, 1.82) is 0 Å². The van der Waals surface area contributed by atoms with Crippen molar-refractivity contribution in [1.82, 2.24) is 0 Å². The van der Waals surface area contributed by atoms with Crippen LogP contribution in [0.4, 0.5) is 0 Å². The molecule has 0 aliphatic carbocycles. The van der Waals surface area contributed by atoms with E-state index in [1.807, 2.05) is 18.2 Å². The molecule has 0 spiro atoms. The van der Waals surface area contributed by atoms with Gasteiger partial charge in [0.2, 0.25) is 0 Å². The molecule has 1 unspecified atom stereocenters. The molecule has 0 bridgehead atoms. The highest BCUT2D eigenvalue weighted by atomic mass is 31.1. The highest BCUT2D eigenvalue weighted by molar-refractivity contribution is 7.73. The Kier molecular flexibility index (Phi) is 1.99. The monoisotopic (exact) mass is 216 g/mol. The molecule has 2 N–H and O–H groups in total. The van der Waals surface area contributed by atoms with Crippen molar-refractivity contribution in [3.05, 3.63) is 53.3 Å². The molecule has 15 heavy (non-hydrogen) atoms. The van der Waals surface area contributed by atoms with Crippen LogP contribution in [0.1, 0.15) is 5.56 Å². The number of benzene rings is 1. The summed E-state index contributed by atoms with van der Waals surface area (Å²) in [4.78, 5) is 0. The summed E-state index contributed by atoms with van der Waals surface area (Å²) in [6.45, 7) is 0. The van der Waals surface area contributed by atoms with Crippen molar-refractivity contribution in [2.75, 3.05) is 0 Å². The van der Waals surface area contributed by atoms with Crippen molar-refractivity contribution < 1.29 is 10.0 Å². The molecule has 2 aliphatic heterocycles. The Bertz CT molecular complexity index is 529. The number of hydrogen-bond donors (Lipinski definition) is 2. The van der Waals surface area contributed by atoms with E-state index in [1.54, 1.807) is 0 Å². The highest BCUT2D eigenvalue weighted by Crippen LogP contribution is 2.41. The Balaban J connectivity index is 2.09. The second kappa shape index (κ2) is 3.24. The molecule has 0 amide bonds. The zero-order valence-corrected chi connectivity index (χ0v) is 9.01. The number of allylic oxidation sites excluding steroid dienone is 3. The third kappa shape index (κ3) is 1.28. The largest absolute Gasteiger partial charge is 0.488 e. The van der Waals surface area contributed by atoms with Gasteiger partial charge in [-0.15, -0.1) is 0 Å². The molecule has 0 saturated heterocycles. The Labute approximate surface area is 89.1 Å². The van der Waals surface area contributed by atoms with E-state index in [-0.39, 0.29) is 0 Å². The van der Waals surface area contributed by atoms with Crippen LogP contribution in [-0.4, -0.2) is 22.5 Å². The SMILES string of the molecule is OB(O)C1=CC2=[PH](C=C1)c1ccccc12. The Morgan fingerprint density at radius 1 is 1.13 bits per heavy atom. The fraction of sp³-hybridized carbons (Fsp3) is 0. The van der Waals surface area contributed by atoms with Gasteiger partial charge in [0, 0.05) is 0 Å². The van der Waals surface area contributed by atoms with Gasteiger partial charge in [0.1, 0.15) is 0 Å². The first-order chi connectivity index (χ1) is 7.27. The van der Waals surface area contributed by atoms with Crippen molar-refractivity contribution >= 4 is 25.3 Å². The van der Waals surface area contributed by atoms with Crippen LogP contribution in [0.25, 0.3) is 0 Å². The van der Waals surface area contributed by atoms with E-state index >= 15 is 0 Å². The molecule has 2 aliphatic rings. The van der Waals surface area contributed by atoms with E-state index < -0.39 is 14.7 Å². The Hall–Kier alpha value is -1.02. The molecule has 2 heterocycles. The predicted octanol–water partition coefficient (Wildman–Crippen LogP) is 0.526. The molecular formula is C11H10BO2P. The van der Waals surface area contributed by atoms with Crippen LogP contribution in [0.15, 0.2) is 47.7 Å². The normalized spacial score (nSPS) is 21.3. The van der Waals surface area contributed by atoms with Gasteiger partial charge in [-0.05, 0) is 21.6 Å². The van der Waals surface area contributed by atoms with Crippen LogP contribution in [0.3, 0.4) is 0 Å². The summed E-state index contributed by atoms with van der Waals surface area (Å²) in [6.07, 6.45) is 3.75. The summed E-state index contributed by atoms with van der Waals surface area (Å²) in [6, 6.07) is 8.33. The van der Waals surface area contributed by atoms with E-state index in [1.165, 1.54) is 16.2 Å². The van der Waals surface area contributed by atoms with E-state index in [2.05, 4.69) is 24.0 Å². The smallest absolute Gasteiger partial charge is 0.423 e. The van der Waals surface area contributed by atoms with E-state index in [9.17, 15) is 0 Å². The lowest BCUT2D eigenvalue weighted by molar-refractivity contribution is 0.421. The maximum absolute atomic E-state index is 9.09. The average molecular weight is 216 g/mol. The molecule has 0 aromatic heterocycles. The van der Waals surface area contributed by atoms with Crippen LogP contribution < -0.4 is 5.30 Å². The van der Waals surface area contributed by atoms with Gasteiger partial charge in [-0.3, -0.25) is 0 Å².